The lowest BCUT2D eigenvalue weighted by Gasteiger charge is -2.33. The zero-order valence-corrected chi connectivity index (χ0v) is 38.4. The summed E-state index contributed by atoms with van der Waals surface area (Å²) in [5.41, 5.74) is 0. The summed E-state index contributed by atoms with van der Waals surface area (Å²) in [6, 6.07) is 0. The highest BCUT2D eigenvalue weighted by atomic mass is 16.8. The topological polar surface area (TPSA) is 136 Å². The second-order valence-electron chi connectivity index (χ2n) is 15.8. The number of esters is 3. The SMILES string of the molecule is CC/C=C\CCCCOC(CC)(OCCCC/C=C\CC)C(=O)OC(OC(=O)OCC1CCCN(CC)C1)C(C)COC(=O)CCCCC(=O)OC/C=C/CCCCCC. The van der Waals surface area contributed by atoms with Gasteiger partial charge in [-0.15, -0.1) is 0 Å². The Hall–Kier alpha value is -3.22. The number of piperidine rings is 1. The van der Waals surface area contributed by atoms with Gasteiger partial charge in [0.25, 0.3) is 12.1 Å². The Bertz CT molecular complexity index is 1190. The molecule has 0 radical (unpaired) electrons. The Morgan fingerprint density at radius 2 is 1.28 bits per heavy atom. The summed E-state index contributed by atoms with van der Waals surface area (Å²) in [6.45, 7) is 15.5. The number of rotatable bonds is 36. The Morgan fingerprint density at radius 3 is 1.87 bits per heavy atom. The summed E-state index contributed by atoms with van der Waals surface area (Å²) in [5.74, 6) is -3.93. The van der Waals surface area contributed by atoms with Crippen molar-refractivity contribution < 1.29 is 52.3 Å². The van der Waals surface area contributed by atoms with Crippen LogP contribution in [0.1, 0.15) is 170 Å². The first-order chi connectivity index (χ1) is 29.1. The second-order valence-corrected chi connectivity index (χ2v) is 15.8. The van der Waals surface area contributed by atoms with Crippen molar-refractivity contribution in [2.45, 2.75) is 182 Å². The van der Waals surface area contributed by atoms with Crippen molar-refractivity contribution in [2.24, 2.45) is 11.8 Å². The van der Waals surface area contributed by atoms with Crippen molar-refractivity contribution in [2.75, 3.05) is 52.7 Å². The lowest BCUT2D eigenvalue weighted by atomic mass is 9.99. The van der Waals surface area contributed by atoms with E-state index in [2.05, 4.69) is 56.9 Å². The molecule has 1 rings (SSSR count). The van der Waals surface area contributed by atoms with Gasteiger partial charge in [-0.05, 0) is 103 Å². The normalized spacial score (nSPS) is 16.0. The molecule has 1 aliphatic rings. The van der Waals surface area contributed by atoms with E-state index in [-0.39, 0.29) is 64.2 Å². The Morgan fingerprint density at radius 1 is 0.683 bits per heavy atom. The van der Waals surface area contributed by atoms with Crippen LogP contribution in [0.25, 0.3) is 0 Å². The van der Waals surface area contributed by atoms with Gasteiger partial charge in [-0.1, -0.05) is 97.3 Å². The predicted molar refractivity (Wildman–Crippen MR) is 236 cm³/mol. The molecule has 1 fully saturated rings. The smallest absolute Gasteiger partial charge is 0.465 e. The van der Waals surface area contributed by atoms with Crippen molar-refractivity contribution in [1.82, 2.24) is 4.90 Å². The lowest BCUT2D eigenvalue weighted by molar-refractivity contribution is -0.266. The molecule has 0 aromatic heterocycles. The van der Waals surface area contributed by atoms with Gasteiger partial charge in [0.15, 0.2) is 0 Å². The van der Waals surface area contributed by atoms with Crippen LogP contribution in [0.5, 0.6) is 0 Å². The van der Waals surface area contributed by atoms with Gasteiger partial charge in [0.05, 0.1) is 25.7 Å². The highest BCUT2D eigenvalue weighted by Crippen LogP contribution is 2.26. The van der Waals surface area contributed by atoms with Gasteiger partial charge in [0.1, 0.15) is 13.2 Å². The second kappa shape index (κ2) is 36.4. The zero-order valence-electron chi connectivity index (χ0n) is 38.4. The summed E-state index contributed by atoms with van der Waals surface area (Å²) in [7, 11) is 0. The minimum atomic E-state index is -1.72. The molecule has 12 nitrogen and oxygen atoms in total. The van der Waals surface area contributed by atoms with Crippen molar-refractivity contribution in [1.29, 1.82) is 0 Å². The maximum Gasteiger partial charge on any atom is 0.511 e. The average Bonchev–Trinajstić information content (AvgIpc) is 3.25. The number of carbonyl (C=O) groups excluding carboxylic acids is 4. The molecule has 1 heterocycles. The molecular formula is C48H83NO11. The molecule has 346 valence electrons. The first-order valence-electron chi connectivity index (χ1n) is 23.4. The molecule has 3 unspecified atom stereocenters. The van der Waals surface area contributed by atoms with Crippen LogP contribution in [0.15, 0.2) is 36.5 Å². The third kappa shape index (κ3) is 26.9. The molecule has 0 N–H and O–H groups in total. The maximum atomic E-state index is 14.1. The van der Waals surface area contributed by atoms with Crippen LogP contribution in [0.2, 0.25) is 0 Å². The van der Waals surface area contributed by atoms with E-state index >= 15 is 0 Å². The highest BCUT2D eigenvalue weighted by molar-refractivity contribution is 5.78. The molecule has 0 saturated carbocycles. The van der Waals surface area contributed by atoms with E-state index in [0.717, 1.165) is 83.8 Å². The molecule has 3 atom stereocenters. The maximum absolute atomic E-state index is 14.1. The standard InChI is InChI=1S/C48H83NO11/c1-7-12-15-18-21-22-27-35-54-43(50)32-25-26-33-44(51)55-39-41(6)45(60-47(53)56-40-42-31-30-34-49(11-5)38-42)59-46(52)48(10-4,57-36-28-23-19-16-13-8-2)58-37-29-24-20-17-14-9-3/h13-14,16-17,22,27,41-42,45H,7-12,15,18-21,23-26,28-40H2,1-6H3/b16-13-,17-14-,27-22+. The predicted octanol–water partition coefficient (Wildman–Crippen LogP) is 11.0. The Kier molecular flexibility index (Phi) is 33.3. The third-order valence-corrected chi connectivity index (χ3v) is 10.4. The summed E-state index contributed by atoms with van der Waals surface area (Å²) in [6.07, 6.45) is 26.0. The third-order valence-electron chi connectivity index (χ3n) is 10.4. The molecule has 60 heavy (non-hydrogen) atoms. The number of allylic oxidation sites excluding steroid dienone is 5. The number of likely N-dealkylation sites (tertiary alicyclic amines) is 1. The van der Waals surface area contributed by atoms with Crippen LogP contribution >= 0.6 is 0 Å². The fourth-order valence-corrected chi connectivity index (χ4v) is 6.62. The summed E-state index contributed by atoms with van der Waals surface area (Å²) < 4.78 is 40.4. The molecule has 1 aliphatic heterocycles. The number of ether oxygens (including phenoxy) is 7. The van der Waals surface area contributed by atoms with Crippen molar-refractivity contribution in [3.8, 4) is 0 Å². The number of hydrogen-bond acceptors (Lipinski definition) is 12. The largest absolute Gasteiger partial charge is 0.511 e. The molecule has 0 aromatic carbocycles. The number of unbranched alkanes of at least 4 members (excludes halogenated alkanes) is 9. The monoisotopic (exact) mass is 850 g/mol. The summed E-state index contributed by atoms with van der Waals surface area (Å²) >= 11 is 0. The average molecular weight is 850 g/mol. The zero-order chi connectivity index (χ0) is 44.1. The minimum absolute atomic E-state index is 0.0876. The highest BCUT2D eigenvalue weighted by Gasteiger charge is 2.44. The van der Waals surface area contributed by atoms with Crippen LogP contribution in [-0.2, 0) is 47.5 Å². The van der Waals surface area contributed by atoms with E-state index in [1.807, 2.05) is 12.2 Å². The van der Waals surface area contributed by atoms with Crippen LogP contribution in [0, 0.1) is 11.8 Å². The molecule has 12 heteroatoms. The molecular weight excluding hydrogens is 767 g/mol. The van der Waals surface area contributed by atoms with Crippen LogP contribution in [0.4, 0.5) is 4.79 Å². The first-order valence-corrected chi connectivity index (χ1v) is 23.4. The molecule has 1 saturated heterocycles. The Labute approximate surface area is 363 Å². The van der Waals surface area contributed by atoms with Gasteiger partial charge in [0.2, 0.25) is 0 Å². The lowest BCUT2D eigenvalue weighted by Crippen LogP contribution is -2.48. The van der Waals surface area contributed by atoms with E-state index in [1.54, 1.807) is 13.8 Å². The molecule has 0 spiro atoms. The van der Waals surface area contributed by atoms with Crippen molar-refractivity contribution in [3.05, 3.63) is 36.5 Å². The van der Waals surface area contributed by atoms with Gasteiger partial charge < -0.3 is 38.1 Å². The van der Waals surface area contributed by atoms with E-state index < -0.39 is 36.1 Å². The van der Waals surface area contributed by atoms with Gasteiger partial charge in [-0.2, -0.15) is 0 Å². The molecule has 0 bridgehead atoms. The molecule has 0 amide bonds. The summed E-state index contributed by atoms with van der Waals surface area (Å²) in [4.78, 5) is 54.5. The van der Waals surface area contributed by atoms with Gasteiger partial charge in [-0.25, -0.2) is 9.59 Å². The number of hydrogen-bond donors (Lipinski definition) is 0. The van der Waals surface area contributed by atoms with E-state index in [1.165, 1.54) is 19.3 Å². The number of nitrogens with zero attached hydrogens (tertiary/aromatic N) is 1. The van der Waals surface area contributed by atoms with Gasteiger partial charge >= 0.3 is 24.1 Å². The minimum Gasteiger partial charge on any atom is -0.465 e. The summed E-state index contributed by atoms with van der Waals surface area (Å²) in [5, 5.41) is 0. The van der Waals surface area contributed by atoms with Crippen molar-refractivity contribution in [3.63, 3.8) is 0 Å². The van der Waals surface area contributed by atoms with Crippen LogP contribution < -0.4 is 0 Å². The molecule has 0 aromatic rings. The van der Waals surface area contributed by atoms with Crippen molar-refractivity contribution >= 4 is 24.1 Å². The van der Waals surface area contributed by atoms with E-state index in [9.17, 15) is 19.2 Å². The van der Waals surface area contributed by atoms with Crippen LogP contribution in [-0.4, -0.2) is 93.7 Å². The Balaban J connectivity index is 2.91. The van der Waals surface area contributed by atoms with Gasteiger partial charge in [0, 0.05) is 31.7 Å². The van der Waals surface area contributed by atoms with Gasteiger partial charge in [-0.3, -0.25) is 9.59 Å². The molecule has 0 aliphatic carbocycles. The fourth-order valence-electron chi connectivity index (χ4n) is 6.62. The van der Waals surface area contributed by atoms with E-state index in [0.29, 0.717) is 25.7 Å². The van der Waals surface area contributed by atoms with Crippen LogP contribution in [0.3, 0.4) is 0 Å². The fraction of sp³-hybridized carbons (Fsp3) is 0.792. The first kappa shape index (κ1) is 54.8. The number of carbonyl (C=O) groups is 4. The van der Waals surface area contributed by atoms with E-state index in [4.69, 9.17) is 33.2 Å². The quantitative estimate of drug-likeness (QED) is 0.0195.